The van der Waals surface area contributed by atoms with Crippen molar-refractivity contribution >= 4 is 39.2 Å². The molecule has 0 radical (unpaired) electrons. The average molecular weight is 737 g/mol. The number of fused-ring (bicyclic) bond motifs is 1. The Morgan fingerprint density at radius 2 is 1.72 bits per heavy atom. The SMILES string of the molecule is C[C@H](CC(=O)c1c2n(c(=O)n1-c1ccc(OC3CC3)cc1)CCN(C(=O)c1ccc(Br)c(Cl)c1)C2)c1ccc(OC(F)(F)F)cc1F. The van der Waals surface area contributed by atoms with E-state index < -0.39 is 35.3 Å². The molecule has 0 bridgehead atoms. The van der Waals surface area contributed by atoms with Crippen LogP contribution in [0.1, 0.15) is 64.2 Å². The van der Waals surface area contributed by atoms with E-state index in [0.717, 1.165) is 25.0 Å². The number of amides is 1. The summed E-state index contributed by atoms with van der Waals surface area (Å²) in [6.45, 7) is 1.80. The second-order valence-corrected chi connectivity index (χ2v) is 12.8. The van der Waals surface area contributed by atoms with Crippen LogP contribution in [0.2, 0.25) is 5.02 Å². The number of imidazole rings is 1. The summed E-state index contributed by atoms with van der Waals surface area (Å²) in [7, 11) is 0. The van der Waals surface area contributed by atoms with E-state index in [4.69, 9.17) is 16.3 Å². The van der Waals surface area contributed by atoms with Crippen molar-refractivity contribution in [1.29, 1.82) is 0 Å². The molecule has 2 heterocycles. The van der Waals surface area contributed by atoms with Gasteiger partial charge in [-0.05, 0) is 88.8 Å². The largest absolute Gasteiger partial charge is 0.573 e. The lowest BCUT2D eigenvalue weighted by molar-refractivity contribution is -0.274. The number of aromatic nitrogens is 2. The van der Waals surface area contributed by atoms with E-state index >= 15 is 0 Å². The van der Waals surface area contributed by atoms with Gasteiger partial charge in [0.05, 0.1) is 29.1 Å². The van der Waals surface area contributed by atoms with Gasteiger partial charge in [-0.1, -0.05) is 24.6 Å². The molecule has 2 aliphatic rings. The normalized spacial score (nSPS) is 15.3. The van der Waals surface area contributed by atoms with E-state index in [0.29, 0.717) is 38.3 Å². The second kappa shape index (κ2) is 12.8. The molecule has 6 rings (SSSR count). The van der Waals surface area contributed by atoms with Gasteiger partial charge in [0.25, 0.3) is 5.91 Å². The van der Waals surface area contributed by atoms with Crippen molar-refractivity contribution in [3.05, 3.63) is 109 Å². The average Bonchev–Trinajstić information content (AvgIpc) is 3.78. The number of carbonyl (C=O) groups excluding carboxylic acids is 2. The molecule has 1 amide bonds. The molecule has 1 aliphatic carbocycles. The Morgan fingerprint density at radius 1 is 1.02 bits per heavy atom. The first-order valence-corrected chi connectivity index (χ1v) is 15.9. The number of rotatable bonds is 9. The molecule has 47 heavy (non-hydrogen) atoms. The van der Waals surface area contributed by atoms with Crippen LogP contribution in [0.4, 0.5) is 17.6 Å². The molecule has 4 aromatic rings. The minimum absolute atomic E-state index is 0.000322. The van der Waals surface area contributed by atoms with Crippen molar-refractivity contribution in [2.45, 2.75) is 57.7 Å². The molecular weight excluding hydrogens is 710 g/mol. The Hall–Kier alpha value is -4.10. The third-order valence-corrected chi connectivity index (χ3v) is 9.28. The van der Waals surface area contributed by atoms with Crippen LogP contribution in [0.5, 0.6) is 11.5 Å². The number of hydrogen-bond donors (Lipinski definition) is 0. The number of benzene rings is 3. The fourth-order valence-corrected chi connectivity index (χ4v) is 6.04. The van der Waals surface area contributed by atoms with Crippen LogP contribution in [0, 0.1) is 5.82 Å². The Kier molecular flexibility index (Phi) is 8.96. The number of Topliss-reactive ketones (excluding diaryl/α,β-unsaturated/α-hetero) is 1. The molecule has 0 unspecified atom stereocenters. The Bertz CT molecular complexity index is 1920. The predicted molar refractivity (Wildman–Crippen MR) is 168 cm³/mol. The lowest BCUT2D eigenvalue weighted by Gasteiger charge is -2.28. The van der Waals surface area contributed by atoms with Crippen LogP contribution >= 0.6 is 27.5 Å². The highest BCUT2D eigenvalue weighted by molar-refractivity contribution is 9.10. The molecule has 1 fully saturated rings. The number of carbonyl (C=O) groups is 2. The molecular formula is C33H27BrClF4N3O5. The molecule has 1 aliphatic heterocycles. The highest BCUT2D eigenvalue weighted by Crippen LogP contribution is 2.32. The predicted octanol–water partition coefficient (Wildman–Crippen LogP) is 7.67. The maximum atomic E-state index is 15.0. The van der Waals surface area contributed by atoms with Gasteiger partial charge in [-0.15, -0.1) is 13.2 Å². The van der Waals surface area contributed by atoms with E-state index in [1.165, 1.54) is 20.1 Å². The third kappa shape index (κ3) is 7.10. The Balaban J connectivity index is 1.35. The summed E-state index contributed by atoms with van der Waals surface area (Å²) in [6.07, 6.45) is -3.20. The summed E-state index contributed by atoms with van der Waals surface area (Å²) < 4.78 is 65.9. The zero-order valence-corrected chi connectivity index (χ0v) is 27.2. The lowest BCUT2D eigenvalue weighted by Crippen LogP contribution is -2.41. The number of halogens is 6. The van der Waals surface area contributed by atoms with Crippen LogP contribution in [0.3, 0.4) is 0 Å². The summed E-state index contributed by atoms with van der Waals surface area (Å²) in [6, 6.07) is 14.3. The van der Waals surface area contributed by atoms with Gasteiger partial charge in [0, 0.05) is 35.6 Å². The smallest absolute Gasteiger partial charge is 0.490 e. The molecule has 0 saturated heterocycles. The first-order chi connectivity index (χ1) is 22.3. The molecule has 246 valence electrons. The summed E-state index contributed by atoms with van der Waals surface area (Å²) >= 11 is 9.53. The van der Waals surface area contributed by atoms with Gasteiger partial charge in [-0.25, -0.2) is 9.18 Å². The van der Waals surface area contributed by atoms with E-state index in [2.05, 4.69) is 20.7 Å². The number of hydrogen-bond acceptors (Lipinski definition) is 5. The highest BCUT2D eigenvalue weighted by atomic mass is 79.9. The summed E-state index contributed by atoms with van der Waals surface area (Å²) in [5.74, 6) is -2.73. The third-order valence-electron chi connectivity index (χ3n) is 8.05. The zero-order chi connectivity index (χ0) is 33.6. The van der Waals surface area contributed by atoms with Crippen LogP contribution in [0.15, 0.2) is 69.9 Å². The molecule has 1 aromatic heterocycles. The maximum absolute atomic E-state index is 15.0. The molecule has 3 aromatic carbocycles. The number of ether oxygens (including phenoxy) is 2. The van der Waals surface area contributed by atoms with Gasteiger partial charge >= 0.3 is 12.1 Å². The van der Waals surface area contributed by atoms with Crippen molar-refractivity contribution in [3.63, 3.8) is 0 Å². The summed E-state index contributed by atoms with van der Waals surface area (Å²) in [5.41, 5.74) is 0.582. The zero-order valence-electron chi connectivity index (χ0n) is 24.8. The second-order valence-electron chi connectivity index (χ2n) is 11.5. The first kappa shape index (κ1) is 32.8. The monoisotopic (exact) mass is 735 g/mol. The van der Waals surface area contributed by atoms with Gasteiger partial charge in [0.15, 0.2) is 5.78 Å². The van der Waals surface area contributed by atoms with E-state index in [1.54, 1.807) is 43.3 Å². The quantitative estimate of drug-likeness (QED) is 0.130. The fourth-order valence-electron chi connectivity index (χ4n) is 5.61. The highest BCUT2D eigenvalue weighted by Gasteiger charge is 2.34. The van der Waals surface area contributed by atoms with Crippen molar-refractivity contribution in [2.24, 2.45) is 0 Å². The molecule has 1 atom stereocenters. The minimum Gasteiger partial charge on any atom is -0.490 e. The molecule has 0 N–H and O–H groups in total. The fraction of sp³-hybridized carbons (Fsp3) is 0.303. The molecule has 0 spiro atoms. The minimum atomic E-state index is -4.99. The van der Waals surface area contributed by atoms with Crippen LogP contribution in [-0.2, 0) is 13.1 Å². The van der Waals surface area contributed by atoms with Gasteiger partial charge in [-0.2, -0.15) is 0 Å². The maximum Gasteiger partial charge on any atom is 0.573 e. The molecule has 14 heteroatoms. The van der Waals surface area contributed by atoms with Crippen molar-refractivity contribution < 1.29 is 36.6 Å². The number of nitrogens with zero attached hydrogens (tertiary/aromatic N) is 3. The summed E-state index contributed by atoms with van der Waals surface area (Å²) in [5, 5.41) is 0.347. The van der Waals surface area contributed by atoms with Crippen LogP contribution in [0.25, 0.3) is 5.69 Å². The van der Waals surface area contributed by atoms with Crippen LogP contribution in [-0.4, -0.2) is 44.7 Å². The first-order valence-electron chi connectivity index (χ1n) is 14.7. The standard InChI is InChI=1S/C33H27BrClF4N3O5/c1-18(24-10-9-23(16-27(24)36)47-33(37,38)39)14-29(43)30-28-17-40(31(44)19-2-11-25(34)26(35)15-19)12-13-41(28)32(45)42(30)20-3-5-21(6-4-20)46-22-7-8-22/h2-6,9-11,15-16,18,22H,7-8,12-14,17H2,1H3/t18-/m1/s1. The summed E-state index contributed by atoms with van der Waals surface area (Å²) in [4.78, 5) is 43.0. The van der Waals surface area contributed by atoms with Crippen molar-refractivity contribution in [3.8, 4) is 17.2 Å². The molecule has 8 nitrogen and oxygen atoms in total. The Morgan fingerprint density at radius 3 is 2.36 bits per heavy atom. The topological polar surface area (TPSA) is 82.8 Å². The van der Waals surface area contributed by atoms with E-state index in [-0.39, 0.29) is 49.3 Å². The van der Waals surface area contributed by atoms with Gasteiger partial charge in [0.1, 0.15) is 23.0 Å². The number of alkyl halides is 3. The number of ketones is 1. The van der Waals surface area contributed by atoms with Gasteiger partial charge < -0.3 is 14.4 Å². The van der Waals surface area contributed by atoms with Gasteiger partial charge in [-0.3, -0.25) is 18.7 Å². The van der Waals surface area contributed by atoms with E-state index in [1.807, 2.05) is 0 Å². The molecule has 1 saturated carbocycles. The Labute approximate surface area is 279 Å². The van der Waals surface area contributed by atoms with Crippen LogP contribution < -0.4 is 15.2 Å². The lowest BCUT2D eigenvalue weighted by atomic mass is 9.93. The van der Waals surface area contributed by atoms with Gasteiger partial charge in [0.2, 0.25) is 0 Å². The van der Waals surface area contributed by atoms with E-state index in [9.17, 15) is 31.9 Å². The van der Waals surface area contributed by atoms with Crippen molar-refractivity contribution in [2.75, 3.05) is 6.54 Å². The van der Waals surface area contributed by atoms with Crippen molar-refractivity contribution in [1.82, 2.24) is 14.0 Å².